The van der Waals surface area contributed by atoms with Crippen LogP contribution < -0.4 is 10.1 Å². The quantitative estimate of drug-likeness (QED) is 0.581. The van der Waals surface area contributed by atoms with Gasteiger partial charge in [-0.05, 0) is 68.3 Å². The van der Waals surface area contributed by atoms with E-state index >= 15 is 0 Å². The normalized spacial score (nSPS) is 11.1. The van der Waals surface area contributed by atoms with Gasteiger partial charge in [0.1, 0.15) is 12.4 Å². The zero-order valence-corrected chi connectivity index (χ0v) is 17.1. The van der Waals surface area contributed by atoms with Crippen LogP contribution in [0.2, 0.25) is 0 Å². The molecule has 0 unspecified atom stereocenters. The van der Waals surface area contributed by atoms with Crippen LogP contribution in [-0.2, 0) is 4.79 Å². The largest absolute Gasteiger partial charge is 0.492 e. The topological polar surface area (TPSA) is 54.5 Å². The van der Waals surface area contributed by atoms with Crippen molar-refractivity contribution in [1.29, 1.82) is 0 Å². The summed E-state index contributed by atoms with van der Waals surface area (Å²) in [6.45, 7) is 10.1. The van der Waals surface area contributed by atoms with Gasteiger partial charge in [0.2, 0.25) is 5.91 Å². The lowest BCUT2D eigenvalue weighted by molar-refractivity contribution is -0.111. The second-order valence-electron chi connectivity index (χ2n) is 6.77. The molecule has 0 aliphatic heterocycles. The molecule has 0 fully saturated rings. The highest BCUT2D eigenvalue weighted by Gasteiger charge is 2.06. The maximum atomic E-state index is 12.2. The Balaban J connectivity index is 1.91. The van der Waals surface area contributed by atoms with Gasteiger partial charge in [-0.1, -0.05) is 19.9 Å². The second kappa shape index (κ2) is 11.9. The summed E-state index contributed by atoms with van der Waals surface area (Å²) in [4.78, 5) is 18.6. The number of nitrogens with zero attached hydrogens (tertiary/aromatic N) is 2. The van der Waals surface area contributed by atoms with Crippen LogP contribution in [0.15, 0.2) is 48.8 Å². The Hall–Kier alpha value is -2.66. The average Bonchev–Trinajstić information content (AvgIpc) is 2.70. The number of nitrogens with one attached hydrogen (secondary N) is 1. The van der Waals surface area contributed by atoms with Crippen molar-refractivity contribution in [1.82, 2.24) is 9.88 Å². The standard InChI is InChI=1S/C23H31N3O2/c1-4-14-26(15-5-2)16-17-28-22-18-21(8-6-19(22)3)25-23(27)9-7-20-10-12-24-13-11-20/h6-13,18H,4-5,14-17H2,1-3H3,(H,25,27). The molecule has 2 rings (SSSR count). The van der Waals surface area contributed by atoms with Crippen LogP contribution in [0.25, 0.3) is 6.08 Å². The number of benzene rings is 1. The number of ether oxygens (including phenoxy) is 1. The van der Waals surface area contributed by atoms with Gasteiger partial charge in [-0.2, -0.15) is 0 Å². The summed E-state index contributed by atoms with van der Waals surface area (Å²) in [5, 5.41) is 2.89. The first kappa shape index (κ1) is 21.6. The highest BCUT2D eigenvalue weighted by atomic mass is 16.5. The highest BCUT2D eigenvalue weighted by molar-refractivity contribution is 6.02. The predicted octanol–water partition coefficient (Wildman–Crippen LogP) is 4.54. The van der Waals surface area contributed by atoms with E-state index in [0.717, 1.165) is 55.0 Å². The Kier molecular flexibility index (Phi) is 9.22. The highest BCUT2D eigenvalue weighted by Crippen LogP contribution is 2.22. The van der Waals surface area contributed by atoms with Gasteiger partial charge >= 0.3 is 0 Å². The fourth-order valence-electron chi connectivity index (χ4n) is 2.92. The molecule has 150 valence electrons. The molecule has 0 radical (unpaired) electrons. The molecule has 0 saturated carbocycles. The van der Waals surface area contributed by atoms with E-state index in [1.54, 1.807) is 18.5 Å². The lowest BCUT2D eigenvalue weighted by atomic mass is 10.2. The number of hydrogen-bond acceptors (Lipinski definition) is 4. The van der Waals surface area contributed by atoms with Crippen LogP contribution >= 0.6 is 0 Å². The van der Waals surface area contributed by atoms with E-state index in [-0.39, 0.29) is 5.91 Å². The summed E-state index contributed by atoms with van der Waals surface area (Å²) in [6.07, 6.45) is 8.97. The summed E-state index contributed by atoms with van der Waals surface area (Å²) in [5.74, 6) is 0.632. The third-order valence-electron chi connectivity index (χ3n) is 4.33. The van der Waals surface area contributed by atoms with Gasteiger partial charge in [-0.25, -0.2) is 0 Å². The average molecular weight is 382 g/mol. The zero-order chi connectivity index (χ0) is 20.2. The van der Waals surface area contributed by atoms with Gasteiger partial charge in [-0.15, -0.1) is 0 Å². The third-order valence-corrected chi connectivity index (χ3v) is 4.33. The van der Waals surface area contributed by atoms with Crippen molar-refractivity contribution in [2.75, 3.05) is 31.6 Å². The fraction of sp³-hybridized carbons (Fsp3) is 0.391. The number of hydrogen-bond donors (Lipinski definition) is 1. The van der Waals surface area contributed by atoms with Crippen LogP contribution in [0, 0.1) is 6.92 Å². The van der Waals surface area contributed by atoms with Crippen molar-refractivity contribution in [3.8, 4) is 5.75 Å². The number of amides is 1. The van der Waals surface area contributed by atoms with Crippen molar-refractivity contribution in [2.24, 2.45) is 0 Å². The van der Waals surface area contributed by atoms with E-state index in [4.69, 9.17) is 4.74 Å². The van der Waals surface area contributed by atoms with Crippen molar-refractivity contribution in [3.05, 3.63) is 59.9 Å². The first-order chi connectivity index (χ1) is 13.6. The summed E-state index contributed by atoms with van der Waals surface area (Å²) in [5.41, 5.74) is 2.72. The van der Waals surface area contributed by atoms with E-state index in [2.05, 4.69) is 29.0 Å². The Bertz CT molecular complexity index is 754. The van der Waals surface area contributed by atoms with Crippen LogP contribution in [0.5, 0.6) is 5.75 Å². The molecule has 2 aromatic rings. The summed E-state index contributed by atoms with van der Waals surface area (Å²) in [6, 6.07) is 9.44. The van der Waals surface area contributed by atoms with E-state index in [0.29, 0.717) is 6.61 Å². The van der Waals surface area contributed by atoms with Crippen molar-refractivity contribution in [3.63, 3.8) is 0 Å². The molecule has 1 amide bonds. The number of carbonyl (C=O) groups is 1. The van der Waals surface area contributed by atoms with Gasteiger partial charge < -0.3 is 10.1 Å². The number of aromatic nitrogens is 1. The SMILES string of the molecule is CCCN(CCC)CCOc1cc(NC(=O)C=Cc2ccncc2)ccc1C. The molecule has 5 nitrogen and oxygen atoms in total. The number of pyridine rings is 1. The number of rotatable bonds is 11. The Labute approximate surface area is 168 Å². The molecule has 0 aliphatic rings. The molecule has 0 atom stereocenters. The molecule has 0 aliphatic carbocycles. The van der Waals surface area contributed by atoms with Crippen molar-refractivity contribution >= 4 is 17.7 Å². The molecule has 0 bridgehead atoms. The second-order valence-corrected chi connectivity index (χ2v) is 6.77. The smallest absolute Gasteiger partial charge is 0.248 e. The molecular formula is C23H31N3O2. The first-order valence-electron chi connectivity index (χ1n) is 9.97. The van der Waals surface area contributed by atoms with E-state index in [9.17, 15) is 4.79 Å². The van der Waals surface area contributed by atoms with E-state index in [1.807, 2.05) is 37.3 Å². The van der Waals surface area contributed by atoms with Crippen LogP contribution in [0.3, 0.4) is 0 Å². The molecule has 1 aromatic heterocycles. The molecule has 1 heterocycles. The van der Waals surface area contributed by atoms with Gasteiger partial charge in [0, 0.05) is 36.8 Å². The molecule has 1 aromatic carbocycles. The van der Waals surface area contributed by atoms with Crippen LogP contribution in [0.1, 0.15) is 37.8 Å². The van der Waals surface area contributed by atoms with E-state index in [1.165, 1.54) is 6.08 Å². The molecule has 0 spiro atoms. The Morgan fingerprint density at radius 3 is 2.50 bits per heavy atom. The predicted molar refractivity (Wildman–Crippen MR) is 116 cm³/mol. The van der Waals surface area contributed by atoms with Crippen molar-refractivity contribution in [2.45, 2.75) is 33.6 Å². The third kappa shape index (κ3) is 7.53. The number of anilines is 1. The van der Waals surface area contributed by atoms with Gasteiger partial charge in [0.15, 0.2) is 0 Å². The van der Waals surface area contributed by atoms with Gasteiger partial charge in [-0.3, -0.25) is 14.7 Å². The fourth-order valence-corrected chi connectivity index (χ4v) is 2.92. The van der Waals surface area contributed by atoms with E-state index < -0.39 is 0 Å². The molecule has 5 heteroatoms. The van der Waals surface area contributed by atoms with Crippen LogP contribution in [0.4, 0.5) is 5.69 Å². The first-order valence-corrected chi connectivity index (χ1v) is 9.97. The summed E-state index contributed by atoms with van der Waals surface area (Å²) in [7, 11) is 0. The zero-order valence-electron chi connectivity index (χ0n) is 17.1. The Morgan fingerprint density at radius 2 is 1.82 bits per heavy atom. The Morgan fingerprint density at radius 1 is 1.11 bits per heavy atom. The molecule has 0 saturated heterocycles. The monoisotopic (exact) mass is 381 g/mol. The van der Waals surface area contributed by atoms with Gasteiger partial charge in [0.25, 0.3) is 0 Å². The summed E-state index contributed by atoms with van der Waals surface area (Å²) >= 11 is 0. The molecule has 1 N–H and O–H groups in total. The maximum Gasteiger partial charge on any atom is 0.248 e. The maximum absolute atomic E-state index is 12.2. The van der Waals surface area contributed by atoms with Crippen molar-refractivity contribution < 1.29 is 9.53 Å². The number of aryl methyl sites for hydroxylation is 1. The lowest BCUT2D eigenvalue weighted by Gasteiger charge is -2.21. The molecular weight excluding hydrogens is 350 g/mol. The minimum absolute atomic E-state index is 0.177. The van der Waals surface area contributed by atoms with Gasteiger partial charge in [0.05, 0.1) is 0 Å². The summed E-state index contributed by atoms with van der Waals surface area (Å²) < 4.78 is 5.99. The van der Waals surface area contributed by atoms with Crippen LogP contribution in [-0.4, -0.2) is 42.0 Å². The molecule has 28 heavy (non-hydrogen) atoms. The number of carbonyl (C=O) groups excluding carboxylic acids is 1. The lowest BCUT2D eigenvalue weighted by Crippen LogP contribution is -2.30. The minimum atomic E-state index is -0.177. The minimum Gasteiger partial charge on any atom is -0.492 e.